The molecule has 0 fully saturated rings. The van der Waals surface area contributed by atoms with Gasteiger partial charge in [-0.15, -0.1) is 0 Å². The molecule has 0 saturated heterocycles. The first-order valence-corrected chi connectivity index (χ1v) is 8.02. The lowest BCUT2D eigenvalue weighted by Crippen LogP contribution is -2.48. The summed E-state index contributed by atoms with van der Waals surface area (Å²) in [6.07, 6.45) is 0.383. The predicted molar refractivity (Wildman–Crippen MR) is 81.8 cm³/mol. The molecule has 22 heavy (non-hydrogen) atoms. The number of ether oxygens (including phenoxy) is 1. The first-order valence-electron chi connectivity index (χ1n) is 6.70. The zero-order valence-electron chi connectivity index (χ0n) is 12.4. The van der Waals surface area contributed by atoms with E-state index in [1.807, 2.05) is 6.07 Å². The number of non-ortho nitro benzene ring substituents is 1. The number of benzene rings is 1. The van der Waals surface area contributed by atoms with E-state index in [1.54, 1.807) is 13.8 Å². The fourth-order valence-electron chi connectivity index (χ4n) is 2.24. The van der Waals surface area contributed by atoms with Gasteiger partial charge in [-0.1, -0.05) is 0 Å². The van der Waals surface area contributed by atoms with Crippen LogP contribution in [0, 0.1) is 21.4 Å². The van der Waals surface area contributed by atoms with Crippen molar-refractivity contribution in [3.05, 3.63) is 33.9 Å². The molecule has 1 heterocycles. The lowest BCUT2D eigenvalue weighted by molar-refractivity contribution is -0.385. The summed E-state index contributed by atoms with van der Waals surface area (Å²) >= 11 is 0. The molecule has 0 radical (unpaired) electrons. The van der Waals surface area contributed by atoms with Crippen LogP contribution in [0.3, 0.4) is 0 Å². The summed E-state index contributed by atoms with van der Waals surface area (Å²) in [5, 5.41) is 20.0. The molecule has 0 bridgehead atoms. The highest BCUT2D eigenvalue weighted by Crippen LogP contribution is 2.38. The summed E-state index contributed by atoms with van der Waals surface area (Å²) < 4.78 is 16.9. The van der Waals surface area contributed by atoms with Gasteiger partial charge in [-0.05, 0) is 19.9 Å². The summed E-state index contributed by atoms with van der Waals surface area (Å²) in [5.74, 6) is 0.511. The minimum Gasteiger partial charge on any atom is -0.493 e. The predicted octanol–water partition coefficient (Wildman–Crippen LogP) is 1.58. The average molecular weight is 323 g/mol. The number of nitrogens with two attached hydrogens (primary N) is 1. The van der Waals surface area contributed by atoms with Crippen molar-refractivity contribution in [2.75, 3.05) is 12.4 Å². The van der Waals surface area contributed by atoms with Gasteiger partial charge in [0.1, 0.15) is 10.5 Å². The number of nitro benzene ring substituents is 1. The van der Waals surface area contributed by atoms with Crippen molar-refractivity contribution in [2.45, 2.75) is 30.6 Å². The standard InChI is InChI=1S/C14H17N3O4S/c1-13(2,8-15)22(20)9-14(16)5-6-21-12-4-3-10(17(18)19)7-11(12)14/h3-4,7H,5-6,9,16H2,1-2H3/t14-,22?/m0/s1. The van der Waals surface area contributed by atoms with Gasteiger partial charge in [0.05, 0.1) is 23.1 Å². The molecule has 0 amide bonds. The maximum atomic E-state index is 12.4. The summed E-state index contributed by atoms with van der Waals surface area (Å²) in [7, 11) is -1.50. The maximum absolute atomic E-state index is 12.4. The van der Waals surface area contributed by atoms with Crippen LogP contribution in [0.5, 0.6) is 5.75 Å². The van der Waals surface area contributed by atoms with Crippen LogP contribution in [0.4, 0.5) is 5.69 Å². The van der Waals surface area contributed by atoms with Crippen molar-refractivity contribution < 1.29 is 13.9 Å². The smallest absolute Gasteiger partial charge is 0.270 e. The molecule has 2 rings (SSSR count). The zero-order valence-corrected chi connectivity index (χ0v) is 13.2. The van der Waals surface area contributed by atoms with Crippen molar-refractivity contribution >= 4 is 16.5 Å². The Kier molecular flexibility index (Phi) is 4.22. The summed E-state index contributed by atoms with van der Waals surface area (Å²) in [4.78, 5) is 10.4. The topological polar surface area (TPSA) is 119 Å². The number of nitriles is 1. The summed E-state index contributed by atoms with van der Waals surface area (Å²) in [5.41, 5.74) is 5.75. The van der Waals surface area contributed by atoms with Crippen LogP contribution in [0.1, 0.15) is 25.8 Å². The first-order chi connectivity index (χ1) is 10.2. The minimum atomic E-state index is -1.50. The van der Waals surface area contributed by atoms with E-state index in [1.165, 1.54) is 18.2 Å². The Morgan fingerprint density at radius 1 is 1.59 bits per heavy atom. The molecule has 1 aliphatic heterocycles. The molecule has 1 aromatic carbocycles. The van der Waals surface area contributed by atoms with E-state index in [4.69, 9.17) is 15.7 Å². The van der Waals surface area contributed by atoms with E-state index in [2.05, 4.69) is 0 Å². The van der Waals surface area contributed by atoms with Crippen molar-refractivity contribution in [3.63, 3.8) is 0 Å². The van der Waals surface area contributed by atoms with E-state index in [9.17, 15) is 14.3 Å². The molecule has 0 aromatic heterocycles. The number of nitrogens with zero attached hydrogens (tertiary/aromatic N) is 2. The van der Waals surface area contributed by atoms with Crippen molar-refractivity contribution in [1.29, 1.82) is 5.26 Å². The number of nitro groups is 1. The molecular formula is C14H17N3O4S. The molecule has 7 nitrogen and oxygen atoms in total. The van der Waals surface area contributed by atoms with E-state index >= 15 is 0 Å². The van der Waals surface area contributed by atoms with Crippen molar-refractivity contribution in [3.8, 4) is 11.8 Å². The van der Waals surface area contributed by atoms with Gasteiger partial charge < -0.3 is 10.5 Å². The second-order valence-electron chi connectivity index (χ2n) is 5.80. The summed E-state index contributed by atoms with van der Waals surface area (Å²) in [6, 6.07) is 6.23. The Morgan fingerprint density at radius 3 is 2.86 bits per heavy atom. The van der Waals surface area contributed by atoms with Crippen LogP contribution in [-0.2, 0) is 16.3 Å². The van der Waals surface area contributed by atoms with Crippen LogP contribution in [0.2, 0.25) is 0 Å². The number of hydrogen-bond acceptors (Lipinski definition) is 6. The van der Waals surface area contributed by atoms with Gasteiger partial charge in [-0.2, -0.15) is 5.26 Å². The number of rotatable bonds is 4. The van der Waals surface area contributed by atoms with E-state index in [0.29, 0.717) is 24.3 Å². The average Bonchev–Trinajstić information content (AvgIpc) is 2.47. The normalized spacial score (nSPS) is 22.1. The Balaban J connectivity index is 2.42. The fraction of sp³-hybridized carbons (Fsp3) is 0.500. The van der Waals surface area contributed by atoms with Gasteiger partial charge in [0.25, 0.3) is 5.69 Å². The Bertz CT molecular complexity index is 683. The SMILES string of the molecule is CC(C)(C#N)S(=O)C[C@@]1(N)CCOc2ccc([N+](=O)[O-])cc21. The summed E-state index contributed by atoms with van der Waals surface area (Å²) in [6.45, 7) is 3.51. The van der Waals surface area contributed by atoms with Gasteiger partial charge >= 0.3 is 0 Å². The van der Waals surface area contributed by atoms with Crippen molar-refractivity contribution in [1.82, 2.24) is 0 Å². The Labute approximate surface area is 130 Å². The Morgan fingerprint density at radius 2 is 2.27 bits per heavy atom. The molecular weight excluding hydrogens is 306 g/mol. The van der Waals surface area contributed by atoms with E-state index in [-0.39, 0.29) is 11.4 Å². The van der Waals surface area contributed by atoms with Crippen LogP contribution >= 0.6 is 0 Å². The second-order valence-corrected chi connectivity index (χ2v) is 7.80. The highest BCUT2D eigenvalue weighted by Gasteiger charge is 2.40. The molecule has 1 aromatic rings. The number of fused-ring (bicyclic) bond motifs is 1. The fourth-order valence-corrected chi connectivity index (χ4v) is 3.47. The van der Waals surface area contributed by atoms with Crippen LogP contribution in [-0.4, -0.2) is 26.2 Å². The quantitative estimate of drug-likeness (QED) is 0.663. The lowest BCUT2D eigenvalue weighted by atomic mass is 9.87. The molecule has 2 N–H and O–H groups in total. The Hall–Kier alpha value is -1.98. The molecule has 0 spiro atoms. The van der Waals surface area contributed by atoms with Crippen LogP contribution < -0.4 is 10.5 Å². The third kappa shape index (κ3) is 2.96. The zero-order chi connectivity index (χ0) is 16.5. The second kappa shape index (κ2) is 5.66. The van der Waals surface area contributed by atoms with Gasteiger partial charge in [0.15, 0.2) is 0 Å². The van der Waals surface area contributed by atoms with Crippen molar-refractivity contribution in [2.24, 2.45) is 5.73 Å². The molecule has 0 aliphatic carbocycles. The highest BCUT2D eigenvalue weighted by atomic mass is 32.2. The first kappa shape index (κ1) is 16.4. The lowest BCUT2D eigenvalue weighted by Gasteiger charge is -2.36. The molecule has 8 heteroatoms. The third-order valence-electron chi connectivity index (χ3n) is 3.74. The largest absolute Gasteiger partial charge is 0.493 e. The molecule has 0 saturated carbocycles. The van der Waals surface area contributed by atoms with E-state index < -0.39 is 26.0 Å². The minimum absolute atomic E-state index is 0.0467. The molecule has 1 aliphatic rings. The van der Waals surface area contributed by atoms with Gasteiger partial charge in [0, 0.05) is 40.7 Å². The number of hydrogen-bond donors (Lipinski definition) is 1. The highest BCUT2D eigenvalue weighted by molar-refractivity contribution is 7.86. The van der Waals surface area contributed by atoms with Crippen LogP contribution in [0.15, 0.2) is 18.2 Å². The van der Waals surface area contributed by atoms with Gasteiger partial charge in [0.2, 0.25) is 0 Å². The third-order valence-corrected chi connectivity index (χ3v) is 5.75. The monoisotopic (exact) mass is 323 g/mol. The molecule has 118 valence electrons. The van der Waals surface area contributed by atoms with Gasteiger partial charge in [-0.25, -0.2) is 0 Å². The maximum Gasteiger partial charge on any atom is 0.270 e. The van der Waals surface area contributed by atoms with Gasteiger partial charge in [-0.3, -0.25) is 14.3 Å². The molecule has 1 unspecified atom stereocenters. The van der Waals surface area contributed by atoms with Crippen LogP contribution in [0.25, 0.3) is 0 Å². The molecule has 2 atom stereocenters. The van der Waals surface area contributed by atoms with E-state index in [0.717, 1.165) is 0 Å².